The predicted molar refractivity (Wildman–Crippen MR) is 64.0 cm³/mol. The Morgan fingerprint density at radius 3 is 2.53 bits per heavy atom. The van der Waals surface area contributed by atoms with Crippen LogP contribution in [0.4, 0.5) is 5.69 Å². The second-order valence-corrected chi connectivity index (χ2v) is 4.29. The average molecular weight is 203 g/mol. The molecule has 0 spiro atoms. The first-order valence-electron chi connectivity index (χ1n) is 5.32. The van der Waals surface area contributed by atoms with E-state index in [4.69, 9.17) is 5.73 Å². The van der Waals surface area contributed by atoms with Gasteiger partial charge in [0, 0.05) is 5.69 Å². The van der Waals surface area contributed by atoms with Gasteiger partial charge in [-0.2, -0.15) is 0 Å². The number of hydrogen-bond acceptors (Lipinski definition) is 1. The summed E-state index contributed by atoms with van der Waals surface area (Å²) in [6.07, 6.45) is 1.16. The Hall–Kier alpha value is -1.51. The summed E-state index contributed by atoms with van der Waals surface area (Å²) in [4.78, 5) is 4.37. The second kappa shape index (κ2) is 3.93. The molecule has 0 saturated heterocycles. The van der Waals surface area contributed by atoms with Crippen LogP contribution < -0.4 is 11.1 Å². The topological polar surface area (TPSA) is 50.4 Å². The lowest BCUT2D eigenvalue weighted by Crippen LogP contribution is -2.23. The molecule has 0 bridgehead atoms. The summed E-state index contributed by atoms with van der Waals surface area (Å²) in [5.41, 5.74) is 8.02. The molecule has 0 aromatic heterocycles. The molecule has 1 fully saturated rings. The van der Waals surface area contributed by atoms with E-state index in [0.29, 0.717) is 17.9 Å². The van der Waals surface area contributed by atoms with E-state index in [0.717, 1.165) is 12.1 Å². The molecule has 80 valence electrons. The average Bonchev–Trinajstić information content (AvgIpc) is 2.86. The molecular formula is C12H17N3. The summed E-state index contributed by atoms with van der Waals surface area (Å²) in [6, 6.07) is 8.55. The van der Waals surface area contributed by atoms with Gasteiger partial charge in [-0.25, -0.2) is 4.99 Å². The number of anilines is 1. The number of benzene rings is 1. The number of rotatable bonds is 2. The van der Waals surface area contributed by atoms with Crippen LogP contribution >= 0.6 is 0 Å². The van der Waals surface area contributed by atoms with Crippen molar-refractivity contribution in [3.05, 3.63) is 29.8 Å². The highest BCUT2D eigenvalue weighted by Crippen LogP contribution is 2.32. The van der Waals surface area contributed by atoms with Crippen molar-refractivity contribution in [3.63, 3.8) is 0 Å². The lowest BCUT2D eigenvalue weighted by Gasteiger charge is -2.05. The summed E-state index contributed by atoms with van der Waals surface area (Å²) in [6.45, 7) is 4.25. The minimum Gasteiger partial charge on any atom is -0.370 e. The van der Waals surface area contributed by atoms with Crippen LogP contribution in [0.2, 0.25) is 0 Å². The Morgan fingerprint density at radius 2 is 2.00 bits per heavy atom. The van der Waals surface area contributed by atoms with Crippen molar-refractivity contribution >= 4 is 11.6 Å². The number of hydrogen-bond donors (Lipinski definition) is 2. The third-order valence-corrected chi connectivity index (χ3v) is 2.70. The van der Waals surface area contributed by atoms with E-state index in [1.165, 1.54) is 5.56 Å². The summed E-state index contributed by atoms with van der Waals surface area (Å²) in [7, 11) is 0. The Labute approximate surface area is 90.4 Å². The van der Waals surface area contributed by atoms with Crippen molar-refractivity contribution in [1.29, 1.82) is 0 Å². The minimum atomic E-state index is 0.433. The van der Waals surface area contributed by atoms with Gasteiger partial charge in [-0.05, 0) is 31.4 Å². The molecule has 0 amide bonds. The van der Waals surface area contributed by atoms with Crippen LogP contribution in [0, 0.1) is 12.8 Å². The van der Waals surface area contributed by atoms with E-state index < -0.39 is 0 Å². The molecule has 2 rings (SSSR count). The predicted octanol–water partition coefficient (Wildman–Crippen LogP) is 2.13. The Morgan fingerprint density at radius 1 is 1.40 bits per heavy atom. The maximum atomic E-state index is 5.79. The molecule has 0 heterocycles. The fraction of sp³-hybridized carbons (Fsp3) is 0.417. The number of nitrogens with one attached hydrogen (secondary N) is 1. The number of guanidine groups is 1. The largest absolute Gasteiger partial charge is 0.370 e. The van der Waals surface area contributed by atoms with Crippen molar-refractivity contribution in [1.82, 2.24) is 0 Å². The minimum absolute atomic E-state index is 0.433. The molecule has 3 N–H and O–H groups in total. The van der Waals surface area contributed by atoms with E-state index in [-0.39, 0.29) is 0 Å². The van der Waals surface area contributed by atoms with Gasteiger partial charge in [0.25, 0.3) is 0 Å². The highest BCUT2D eigenvalue weighted by molar-refractivity contribution is 5.92. The molecule has 3 heteroatoms. The second-order valence-electron chi connectivity index (χ2n) is 4.29. The van der Waals surface area contributed by atoms with Crippen molar-refractivity contribution in [2.45, 2.75) is 26.3 Å². The van der Waals surface area contributed by atoms with Crippen LogP contribution in [0.3, 0.4) is 0 Å². The zero-order valence-electron chi connectivity index (χ0n) is 9.20. The van der Waals surface area contributed by atoms with Crippen LogP contribution in [-0.4, -0.2) is 12.0 Å². The van der Waals surface area contributed by atoms with Gasteiger partial charge in [-0.15, -0.1) is 0 Å². The quantitative estimate of drug-likeness (QED) is 0.571. The zero-order valence-corrected chi connectivity index (χ0v) is 9.20. The molecule has 1 saturated carbocycles. The number of nitrogens with two attached hydrogens (primary N) is 1. The van der Waals surface area contributed by atoms with Crippen LogP contribution in [0.5, 0.6) is 0 Å². The smallest absolute Gasteiger partial charge is 0.193 e. The van der Waals surface area contributed by atoms with Crippen molar-refractivity contribution < 1.29 is 0 Å². The van der Waals surface area contributed by atoms with Gasteiger partial charge in [0.1, 0.15) is 0 Å². The first-order chi connectivity index (χ1) is 7.15. The van der Waals surface area contributed by atoms with Gasteiger partial charge >= 0.3 is 0 Å². The zero-order chi connectivity index (χ0) is 10.8. The lowest BCUT2D eigenvalue weighted by molar-refractivity contribution is 0.893. The van der Waals surface area contributed by atoms with Gasteiger partial charge in [-0.1, -0.05) is 24.6 Å². The molecule has 15 heavy (non-hydrogen) atoms. The molecule has 2 unspecified atom stereocenters. The standard InChI is InChI=1S/C12H17N3/c1-8-3-5-10(6-4-8)14-12(13)15-11-7-9(11)2/h3-6,9,11H,7H2,1-2H3,(H3,13,14,15). The molecule has 0 aliphatic heterocycles. The van der Waals surface area contributed by atoms with Crippen molar-refractivity contribution in [3.8, 4) is 0 Å². The summed E-state index contributed by atoms with van der Waals surface area (Å²) < 4.78 is 0. The monoisotopic (exact) mass is 203 g/mol. The summed E-state index contributed by atoms with van der Waals surface area (Å²) in [5, 5.41) is 3.09. The SMILES string of the molecule is Cc1ccc(NC(N)=NC2CC2C)cc1. The third-order valence-electron chi connectivity index (χ3n) is 2.70. The Balaban J connectivity index is 1.96. The number of nitrogens with zero attached hydrogens (tertiary/aromatic N) is 1. The van der Waals surface area contributed by atoms with Gasteiger partial charge in [-0.3, -0.25) is 0 Å². The van der Waals surface area contributed by atoms with E-state index >= 15 is 0 Å². The van der Waals surface area contributed by atoms with E-state index in [1.807, 2.05) is 12.1 Å². The van der Waals surface area contributed by atoms with Crippen molar-refractivity contribution in [2.24, 2.45) is 16.6 Å². The first-order valence-corrected chi connectivity index (χ1v) is 5.32. The Kier molecular flexibility index (Phi) is 2.62. The van der Waals surface area contributed by atoms with E-state index in [1.54, 1.807) is 0 Å². The molecule has 1 aliphatic rings. The lowest BCUT2D eigenvalue weighted by atomic mass is 10.2. The highest BCUT2D eigenvalue weighted by atomic mass is 15.1. The fourth-order valence-electron chi connectivity index (χ4n) is 1.48. The maximum Gasteiger partial charge on any atom is 0.193 e. The highest BCUT2D eigenvalue weighted by Gasteiger charge is 2.32. The fourth-order valence-corrected chi connectivity index (χ4v) is 1.48. The number of aryl methyl sites for hydroxylation is 1. The van der Waals surface area contributed by atoms with Crippen LogP contribution in [0.25, 0.3) is 0 Å². The molecule has 3 nitrogen and oxygen atoms in total. The molecule has 1 aromatic carbocycles. The summed E-state index contributed by atoms with van der Waals surface area (Å²) >= 11 is 0. The van der Waals surface area contributed by atoms with Crippen LogP contribution in [0.1, 0.15) is 18.9 Å². The van der Waals surface area contributed by atoms with Crippen LogP contribution in [-0.2, 0) is 0 Å². The molecular weight excluding hydrogens is 186 g/mol. The van der Waals surface area contributed by atoms with Gasteiger partial charge in [0.05, 0.1) is 6.04 Å². The maximum absolute atomic E-state index is 5.79. The number of aliphatic imine (C=N–C) groups is 1. The molecule has 1 aliphatic carbocycles. The van der Waals surface area contributed by atoms with Gasteiger partial charge < -0.3 is 11.1 Å². The third kappa shape index (κ3) is 2.72. The van der Waals surface area contributed by atoms with Gasteiger partial charge in [0.15, 0.2) is 5.96 Å². The molecule has 0 radical (unpaired) electrons. The molecule has 2 atom stereocenters. The first kappa shape index (κ1) is 10.0. The molecule has 1 aromatic rings. The van der Waals surface area contributed by atoms with Gasteiger partial charge in [0.2, 0.25) is 0 Å². The normalized spacial score (nSPS) is 25.1. The van der Waals surface area contributed by atoms with E-state index in [9.17, 15) is 0 Å². The van der Waals surface area contributed by atoms with Crippen molar-refractivity contribution in [2.75, 3.05) is 5.32 Å². The summed E-state index contributed by atoms with van der Waals surface area (Å²) in [5.74, 6) is 1.22. The van der Waals surface area contributed by atoms with E-state index in [2.05, 4.69) is 36.3 Å². The van der Waals surface area contributed by atoms with Crippen LogP contribution in [0.15, 0.2) is 29.3 Å². The Bertz CT molecular complexity index is 367.